The Morgan fingerprint density at radius 1 is 1.50 bits per heavy atom. The standard InChI is InChI=1S/C15H22N2O2S/c1-2-8-19-14-6-4-3-5-13(14)17-15(18)10-12-11-20-9-7-16-12/h3-6,12,16H,2,7-11H2,1H3,(H,17,18). The minimum atomic E-state index is 0.0394. The number of amides is 1. The van der Waals surface area contributed by atoms with Gasteiger partial charge in [0.15, 0.2) is 0 Å². The molecule has 110 valence electrons. The fourth-order valence-electron chi connectivity index (χ4n) is 2.08. The van der Waals surface area contributed by atoms with E-state index in [1.807, 2.05) is 36.0 Å². The quantitative estimate of drug-likeness (QED) is 0.846. The van der Waals surface area contributed by atoms with E-state index in [1.54, 1.807) is 0 Å². The molecule has 1 aliphatic heterocycles. The number of ether oxygens (including phenoxy) is 1. The molecule has 1 atom stereocenters. The minimum absolute atomic E-state index is 0.0394. The summed E-state index contributed by atoms with van der Waals surface area (Å²) in [6.07, 6.45) is 1.46. The Morgan fingerprint density at radius 2 is 2.35 bits per heavy atom. The molecule has 2 rings (SSSR count). The van der Waals surface area contributed by atoms with Gasteiger partial charge in [-0.3, -0.25) is 4.79 Å². The molecule has 0 saturated carbocycles. The van der Waals surface area contributed by atoms with Crippen molar-refractivity contribution in [3.63, 3.8) is 0 Å². The number of carbonyl (C=O) groups is 1. The lowest BCUT2D eigenvalue weighted by Crippen LogP contribution is -2.39. The first-order chi connectivity index (χ1) is 9.79. The average molecular weight is 294 g/mol. The first-order valence-electron chi connectivity index (χ1n) is 7.12. The van der Waals surface area contributed by atoms with Crippen LogP contribution in [0, 0.1) is 0 Å². The fraction of sp³-hybridized carbons (Fsp3) is 0.533. The van der Waals surface area contributed by atoms with Gasteiger partial charge >= 0.3 is 0 Å². The number of hydrogen-bond acceptors (Lipinski definition) is 4. The predicted octanol–water partition coefficient (Wildman–Crippen LogP) is 2.51. The topological polar surface area (TPSA) is 50.4 Å². The normalized spacial score (nSPS) is 18.6. The van der Waals surface area contributed by atoms with Crippen molar-refractivity contribution in [2.45, 2.75) is 25.8 Å². The van der Waals surface area contributed by atoms with Crippen LogP contribution in [0.4, 0.5) is 5.69 Å². The Kier molecular flexibility index (Phi) is 6.21. The molecule has 1 aliphatic rings. The van der Waals surface area contributed by atoms with Gasteiger partial charge in [0.25, 0.3) is 0 Å². The van der Waals surface area contributed by atoms with E-state index in [1.165, 1.54) is 0 Å². The highest BCUT2D eigenvalue weighted by molar-refractivity contribution is 7.99. The highest BCUT2D eigenvalue weighted by Crippen LogP contribution is 2.24. The van der Waals surface area contributed by atoms with E-state index < -0.39 is 0 Å². The number of hydrogen-bond donors (Lipinski definition) is 2. The van der Waals surface area contributed by atoms with Gasteiger partial charge in [-0.25, -0.2) is 0 Å². The molecule has 1 unspecified atom stereocenters. The van der Waals surface area contributed by atoms with Crippen LogP contribution in [0.5, 0.6) is 5.75 Å². The van der Waals surface area contributed by atoms with E-state index in [4.69, 9.17) is 4.74 Å². The summed E-state index contributed by atoms with van der Waals surface area (Å²) >= 11 is 1.90. The van der Waals surface area contributed by atoms with Crippen molar-refractivity contribution in [2.75, 3.05) is 30.0 Å². The molecule has 5 heteroatoms. The number of thioether (sulfide) groups is 1. The van der Waals surface area contributed by atoms with E-state index in [2.05, 4.69) is 17.6 Å². The zero-order valence-corrected chi connectivity index (χ0v) is 12.7. The van der Waals surface area contributed by atoms with Crippen LogP contribution in [0.15, 0.2) is 24.3 Å². The SMILES string of the molecule is CCCOc1ccccc1NC(=O)CC1CSCCN1. The Labute approximate surface area is 124 Å². The summed E-state index contributed by atoms with van der Waals surface area (Å²) in [4.78, 5) is 12.1. The van der Waals surface area contributed by atoms with Gasteiger partial charge < -0.3 is 15.4 Å². The van der Waals surface area contributed by atoms with Crippen molar-refractivity contribution in [1.82, 2.24) is 5.32 Å². The van der Waals surface area contributed by atoms with Gasteiger partial charge in [0, 0.05) is 30.5 Å². The molecule has 0 aromatic heterocycles. The molecule has 0 aliphatic carbocycles. The lowest BCUT2D eigenvalue weighted by Gasteiger charge is -2.22. The second-order valence-electron chi connectivity index (χ2n) is 4.82. The van der Waals surface area contributed by atoms with Crippen LogP contribution >= 0.6 is 11.8 Å². The maximum atomic E-state index is 12.1. The zero-order chi connectivity index (χ0) is 14.2. The third kappa shape index (κ3) is 4.72. The van der Waals surface area contributed by atoms with E-state index in [0.717, 1.165) is 35.9 Å². The first-order valence-corrected chi connectivity index (χ1v) is 8.28. The van der Waals surface area contributed by atoms with E-state index >= 15 is 0 Å². The van der Waals surface area contributed by atoms with Crippen molar-refractivity contribution < 1.29 is 9.53 Å². The lowest BCUT2D eigenvalue weighted by atomic mass is 10.2. The van der Waals surface area contributed by atoms with E-state index in [0.29, 0.717) is 13.0 Å². The summed E-state index contributed by atoms with van der Waals surface area (Å²) in [7, 11) is 0. The van der Waals surface area contributed by atoms with Crippen LogP contribution in [0.25, 0.3) is 0 Å². The molecule has 1 aromatic rings. The number of benzene rings is 1. The van der Waals surface area contributed by atoms with Crippen LogP contribution < -0.4 is 15.4 Å². The van der Waals surface area contributed by atoms with Crippen molar-refractivity contribution >= 4 is 23.4 Å². The van der Waals surface area contributed by atoms with E-state index in [-0.39, 0.29) is 11.9 Å². The van der Waals surface area contributed by atoms with Gasteiger partial charge in [-0.1, -0.05) is 19.1 Å². The number of rotatable bonds is 6. The summed E-state index contributed by atoms with van der Waals surface area (Å²) < 4.78 is 5.64. The number of para-hydroxylation sites is 2. The Bertz CT molecular complexity index is 434. The highest BCUT2D eigenvalue weighted by atomic mass is 32.2. The highest BCUT2D eigenvalue weighted by Gasteiger charge is 2.17. The smallest absolute Gasteiger partial charge is 0.226 e. The molecule has 0 bridgehead atoms. The zero-order valence-electron chi connectivity index (χ0n) is 11.9. The minimum Gasteiger partial charge on any atom is -0.491 e. The Balaban J connectivity index is 1.89. The predicted molar refractivity (Wildman–Crippen MR) is 84.6 cm³/mol. The van der Waals surface area contributed by atoms with Crippen molar-refractivity contribution in [3.05, 3.63) is 24.3 Å². The molecule has 1 aromatic carbocycles. The Morgan fingerprint density at radius 3 is 3.10 bits per heavy atom. The molecule has 1 amide bonds. The monoisotopic (exact) mass is 294 g/mol. The summed E-state index contributed by atoms with van der Waals surface area (Å²) in [6, 6.07) is 7.87. The van der Waals surface area contributed by atoms with Crippen LogP contribution in [0.2, 0.25) is 0 Å². The van der Waals surface area contributed by atoms with Crippen LogP contribution in [0.3, 0.4) is 0 Å². The van der Waals surface area contributed by atoms with Crippen molar-refractivity contribution in [1.29, 1.82) is 0 Å². The third-order valence-electron chi connectivity index (χ3n) is 3.05. The maximum Gasteiger partial charge on any atom is 0.226 e. The van der Waals surface area contributed by atoms with E-state index in [9.17, 15) is 4.79 Å². The Hall–Kier alpha value is -1.20. The second-order valence-corrected chi connectivity index (χ2v) is 5.97. The molecular weight excluding hydrogens is 272 g/mol. The molecule has 4 nitrogen and oxygen atoms in total. The summed E-state index contributed by atoms with van der Waals surface area (Å²) in [5.41, 5.74) is 0.759. The largest absolute Gasteiger partial charge is 0.491 e. The number of carbonyl (C=O) groups excluding carboxylic acids is 1. The van der Waals surface area contributed by atoms with Gasteiger partial charge in [-0.05, 0) is 18.6 Å². The van der Waals surface area contributed by atoms with Gasteiger partial charge in [0.2, 0.25) is 5.91 Å². The van der Waals surface area contributed by atoms with Gasteiger partial charge in [0.1, 0.15) is 5.75 Å². The summed E-state index contributed by atoms with van der Waals surface area (Å²) in [6.45, 7) is 3.71. The number of anilines is 1. The van der Waals surface area contributed by atoms with Gasteiger partial charge in [0.05, 0.1) is 12.3 Å². The molecule has 1 heterocycles. The molecule has 20 heavy (non-hydrogen) atoms. The molecule has 0 radical (unpaired) electrons. The summed E-state index contributed by atoms with van der Waals surface area (Å²) in [5, 5.41) is 6.33. The lowest BCUT2D eigenvalue weighted by molar-refractivity contribution is -0.116. The van der Waals surface area contributed by atoms with Crippen molar-refractivity contribution in [2.24, 2.45) is 0 Å². The average Bonchev–Trinajstić information content (AvgIpc) is 2.47. The molecule has 0 spiro atoms. The maximum absolute atomic E-state index is 12.1. The molecule has 2 N–H and O–H groups in total. The van der Waals surface area contributed by atoms with Gasteiger partial charge in [-0.2, -0.15) is 11.8 Å². The molecule has 1 fully saturated rings. The van der Waals surface area contributed by atoms with Crippen LogP contribution in [0.1, 0.15) is 19.8 Å². The third-order valence-corrected chi connectivity index (χ3v) is 4.18. The van der Waals surface area contributed by atoms with Gasteiger partial charge in [-0.15, -0.1) is 0 Å². The second kappa shape index (κ2) is 8.17. The molecular formula is C15H22N2O2S. The van der Waals surface area contributed by atoms with Crippen LogP contribution in [-0.4, -0.2) is 36.6 Å². The van der Waals surface area contributed by atoms with Crippen molar-refractivity contribution in [3.8, 4) is 5.75 Å². The van der Waals surface area contributed by atoms with Crippen LogP contribution in [-0.2, 0) is 4.79 Å². The molecule has 1 saturated heterocycles. The summed E-state index contributed by atoms with van der Waals surface area (Å²) in [5.74, 6) is 2.92. The fourth-order valence-corrected chi connectivity index (χ4v) is 3.03. The first kappa shape index (κ1) is 15.2. The number of nitrogens with one attached hydrogen (secondary N) is 2.